The molecular weight excluding hydrogens is 398 g/mol. The summed E-state index contributed by atoms with van der Waals surface area (Å²) in [6.45, 7) is 5.13. The number of hydrogen-bond acceptors (Lipinski definition) is 0. The summed E-state index contributed by atoms with van der Waals surface area (Å²) in [6.07, 6.45) is 0.932. The van der Waals surface area contributed by atoms with Crippen LogP contribution in [0.5, 0.6) is 0 Å². The van der Waals surface area contributed by atoms with E-state index in [1.165, 1.54) is 18.2 Å². The van der Waals surface area contributed by atoms with Crippen LogP contribution in [0.4, 0.5) is 8.78 Å². The zero-order valence-electron chi connectivity index (χ0n) is 13.5. The van der Waals surface area contributed by atoms with E-state index in [1.807, 2.05) is 11.5 Å². The summed E-state index contributed by atoms with van der Waals surface area (Å²) >= 11 is 6.16. The van der Waals surface area contributed by atoms with Gasteiger partial charge in [0.05, 0.1) is 11.6 Å². The van der Waals surface area contributed by atoms with E-state index in [1.54, 1.807) is 18.2 Å². The molecule has 6 heteroatoms. The first-order valence-electron chi connectivity index (χ1n) is 7.64. The first-order chi connectivity index (χ1) is 11.0. The summed E-state index contributed by atoms with van der Waals surface area (Å²) in [5.74, 6) is 0.345. The molecule has 0 bridgehead atoms. The summed E-state index contributed by atoms with van der Waals surface area (Å²) in [7, 11) is 0. The predicted molar refractivity (Wildman–Crippen MR) is 87.6 cm³/mol. The van der Waals surface area contributed by atoms with Crippen LogP contribution in [0.15, 0.2) is 36.4 Å². The Balaban J connectivity index is 0.00000208. The predicted octanol–water partition coefficient (Wildman–Crippen LogP) is 1.63. The molecule has 3 rings (SSSR count). The molecule has 1 heterocycles. The van der Waals surface area contributed by atoms with Gasteiger partial charge in [-0.2, -0.15) is 0 Å². The van der Waals surface area contributed by atoms with Crippen LogP contribution in [0.1, 0.15) is 24.7 Å². The third-order valence-corrected chi connectivity index (χ3v) is 4.48. The van der Waals surface area contributed by atoms with Crippen LogP contribution in [0, 0.1) is 18.6 Å². The Hall–Kier alpha value is -1.46. The first kappa shape index (κ1) is 18.9. The SMILES string of the molecule is CCCn1c(C)[n+](Cc2c(F)cccc2Cl)c2ccc(F)cc21.[Br-]. The Kier molecular flexibility index (Phi) is 5.99. The topological polar surface area (TPSA) is 8.81 Å². The molecule has 0 spiro atoms. The summed E-state index contributed by atoms with van der Waals surface area (Å²) in [4.78, 5) is 0. The van der Waals surface area contributed by atoms with Gasteiger partial charge in [0.15, 0.2) is 11.0 Å². The molecule has 2 aromatic carbocycles. The first-order valence-corrected chi connectivity index (χ1v) is 8.01. The highest BCUT2D eigenvalue weighted by molar-refractivity contribution is 6.31. The molecule has 0 saturated heterocycles. The molecule has 0 radical (unpaired) electrons. The Morgan fingerprint density at radius 3 is 2.58 bits per heavy atom. The lowest BCUT2D eigenvalue weighted by Gasteiger charge is -2.05. The van der Waals surface area contributed by atoms with E-state index < -0.39 is 0 Å². The highest BCUT2D eigenvalue weighted by atomic mass is 79.9. The number of benzene rings is 2. The number of nitrogens with zero attached hydrogens (tertiary/aromatic N) is 2. The number of imidazole rings is 1. The van der Waals surface area contributed by atoms with Gasteiger partial charge < -0.3 is 17.0 Å². The van der Waals surface area contributed by atoms with Crippen LogP contribution in [0.25, 0.3) is 11.0 Å². The van der Waals surface area contributed by atoms with E-state index in [9.17, 15) is 8.78 Å². The standard InChI is InChI=1S/C18H18ClF2N2.BrH/c1-3-9-22-12(2)23(17-8-7-13(20)10-18(17)22)11-14-15(19)5-4-6-16(14)21;/h4-8,10H,3,9,11H2,1-2H3;1H/q+1;/p-1. The lowest BCUT2D eigenvalue weighted by Crippen LogP contribution is -3.00. The monoisotopic (exact) mass is 414 g/mol. The normalized spacial score (nSPS) is 10.9. The third kappa shape index (κ3) is 3.33. The molecule has 0 unspecified atom stereocenters. The Bertz CT molecular complexity index is 857. The maximum absolute atomic E-state index is 14.1. The molecule has 0 fully saturated rings. The van der Waals surface area contributed by atoms with Gasteiger partial charge in [-0.1, -0.05) is 24.6 Å². The number of hydrogen-bond donors (Lipinski definition) is 0. The van der Waals surface area contributed by atoms with Crippen LogP contribution >= 0.6 is 11.6 Å². The van der Waals surface area contributed by atoms with E-state index in [2.05, 4.69) is 11.5 Å². The number of halogens is 4. The zero-order valence-corrected chi connectivity index (χ0v) is 15.8. The maximum Gasteiger partial charge on any atom is 0.254 e. The van der Waals surface area contributed by atoms with E-state index in [4.69, 9.17) is 11.6 Å². The van der Waals surface area contributed by atoms with Crippen molar-refractivity contribution >= 4 is 22.6 Å². The summed E-state index contributed by atoms with van der Waals surface area (Å²) in [5, 5.41) is 0.399. The molecule has 0 aliphatic heterocycles. The van der Waals surface area contributed by atoms with E-state index in [0.29, 0.717) is 17.1 Å². The number of aryl methyl sites for hydroxylation is 1. The molecular formula is C18H18BrClF2N2. The van der Waals surface area contributed by atoms with Gasteiger partial charge in [0, 0.05) is 18.6 Å². The minimum absolute atomic E-state index is 0. The highest BCUT2D eigenvalue weighted by Crippen LogP contribution is 2.21. The van der Waals surface area contributed by atoms with Crippen molar-refractivity contribution in [3.05, 3.63) is 64.4 Å². The molecule has 128 valence electrons. The lowest BCUT2D eigenvalue weighted by atomic mass is 10.2. The fourth-order valence-corrected chi connectivity index (χ4v) is 3.21. The molecule has 1 aromatic heterocycles. The number of fused-ring (bicyclic) bond motifs is 1. The van der Waals surface area contributed by atoms with Gasteiger partial charge in [-0.25, -0.2) is 17.9 Å². The number of aromatic nitrogens is 2. The van der Waals surface area contributed by atoms with Crippen LogP contribution in [0.2, 0.25) is 5.02 Å². The second kappa shape index (κ2) is 7.62. The fraction of sp³-hybridized carbons (Fsp3) is 0.278. The average Bonchev–Trinajstić information content (AvgIpc) is 2.76. The van der Waals surface area contributed by atoms with Crippen molar-refractivity contribution in [2.24, 2.45) is 0 Å². The second-order valence-electron chi connectivity index (χ2n) is 5.62. The molecule has 0 aliphatic rings. The van der Waals surface area contributed by atoms with E-state index in [-0.39, 0.29) is 28.6 Å². The average molecular weight is 416 g/mol. The molecule has 0 aliphatic carbocycles. The molecule has 3 aromatic rings. The van der Waals surface area contributed by atoms with Crippen LogP contribution in [-0.4, -0.2) is 4.57 Å². The lowest BCUT2D eigenvalue weighted by molar-refractivity contribution is -0.669. The van der Waals surface area contributed by atoms with Crippen molar-refractivity contribution in [2.45, 2.75) is 33.4 Å². The van der Waals surface area contributed by atoms with Gasteiger partial charge in [0.2, 0.25) is 0 Å². The van der Waals surface area contributed by atoms with Crippen molar-refractivity contribution in [2.75, 3.05) is 0 Å². The molecule has 0 atom stereocenters. The van der Waals surface area contributed by atoms with Crippen molar-refractivity contribution in [3.8, 4) is 0 Å². The Labute approximate surface area is 155 Å². The fourth-order valence-electron chi connectivity index (χ4n) is 2.98. The number of rotatable bonds is 4. The minimum atomic E-state index is -0.331. The largest absolute Gasteiger partial charge is 1.00 e. The van der Waals surface area contributed by atoms with Gasteiger partial charge in [-0.05, 0) is 30.7 Å². The van der Waals surface area contributed by atoms with E-state index >= 15 is 0 Å². The summed E-state index contributed by atoms with van der Waals surface area (Å²) in [5.41, 5.74) is 2.13. The van der Waals surface area contributed by atoms with Crippen LogP contribution < -0.4 is 21.5 Å². The quantitative estimate of drug-likeness (QED) is 0.573. The maximum atomic E-state index is 14.1. The van der Waals surface area contributed by atoms with Crippen LogP contribution in [-0.2, 0) is 13.1 Å². The summed E-state index contributed by atoms with van der Waals surface area (Å²) in [6, 6.07) is 9.37. The molecule has 24 heavy (non-hydrogen) atoms. The van der Waals surface area contributed by atoms with Gasteiger partial charge in [0.25, 0.3) is 5.82 Å². The van der Waals surface area contributed by atoms with Gasteiger partial charge in [-0.15, -0.1) is 0 Å². The van der Waals surface area contributed by atoms with Crippen LogP contribution in [0.3, 0.4) is 0 Å². The van der Waals surface area contributed by atoms with Gasteiger partial charge in [-0.3, -0.25) is 0 Å². The molecule has 0 saturated carbocycles. The Morgan fingerprint density at radius 1 is 1.17 bits per heavy atom. The van der Waals surface area contributed by atoms with Crippen molar-refractivity contribution < 1.29 is 30.3 Å². The Morgan fingerprint density at radius 2 is 1.92 bits per heavy atom. The van der Waals surface area contributed by atoms with Crippen molar-refractivity contribution in [3.63, 3.8) is 0 Å². The second-order valence-corrected chi connectivity index (χ2v) is 6.03. The van der Waals surface area contributed by atoms with E-state index in [0.717, 1.165) is 29.8 Å². The highest BCUT2D eigenvalue weighted by Gasteiger charge is 2.23. The molecule has 0 N–H and O–H groups in total. The zero-order chi connectivity index (χ0) is 16.6. The molecule has 2 nitrogen and oxygen atoms in total. The van der Waals surface area contributed by atoms with Crippen molar-refractivity contribution in [1.29, 1.82) is 0 Å². The summed E-state index contributed by atoms with van der Waals surface area (Å²) < 4.78 is 31.8. The smallest absolute Gasteiger partial charge is 0.254 e. The third-order valence-electron chi connectivity index (χ3n) is 4.13. The van der Waals surface area contributed by atoms with Crippen molar-refractivity contribution in [1.82, 2.24) is 4.57 Å². The van der Waals surface area contributed by atoms with Gasteiger partial charge >= 0.3 is 0 Å². The minimum Gasteiger partial charge on any atom is -1.00 e. The van der Waals surface area contributed by atoms with Gasteiger partial charge in [0.1, 0.15) is 18.2 Å². The molecule has 0 amide bonds.